The second-order valence-electron chi connectivity index (χ2n) is 7.15. The monoisotopic (exact) mass is 354 g/mol. The summed E-state index contributed by atoms with van der Waals surface area (Å²) in [7, 11) is 0. The lowest BCUT2D eigenvalue weighted by molar-refractivity contribution is -0.117. The lowest BCUT2D eigenvalue weighted by Gasteiger charge is -2.28. The molecule has 2 aliphatic carbocycles. The molecular formula is C23H18N2O2. The Hall–Kier alpha value is -3.27. The Morgan fingerprint density at radius 3 is 2.81 bits per heavy atom. The number of carbonyl (C=O) groups is 2. The number of hydrogen-bond donors (Lipinski definition) is 1. The average molecular weight is 354 g/mol. The molecule has 2 amide bonds. The van der Waals surface area contributed by atoms with Crippen molar-refractivity contribution in [3.63, 3.8) is 0 Å². The summed E-state index contributed by atoms with van der Waals surface area (Å²) in [5.41, 5.74) is 4.12. The third-order valence-electron chi connectivity index (χ3n) is 5.49. The summed E-state index contributed by atoms with van der Waals surface area (Å²) in [5.74, 6) is -0.158. The predicted octanol–water partition coefficient (Wildman–Crippen LogP) is 4.10. The molecule has 1 heterocycles. The first-order chi connectivity index (χ1) is 13.2. The first kappa shape index (κ1) is 15.9. The van der Waals surface area contributed by atoms with E-state index in [0.717, 1.165) is 41.3 Å². The molecule has 1 atom stereocenters. The number of benzene rings is 2. The zero-order valence-electron chi connectivity index (χ0n) is 14.7. The summed E-state index contributed by atoms with van der Waals surface area (Å²) in [6.07, 6.45) is 8.62. The minimum atomic E-state index is -0.279. The molecule has 2 aromatic carbocycles. The Kier molecular flexibility index (Phi) is 3.64. The van der Waals surface area contributed by atoms with E-state index in [9.17, 15) is 9.59 Å². The van der Waals surface area contributed by atoms with Crippen LogP contribution in [0.2, 0.25) is 0 Å². The summed E-state index contributed by atoms with van der Waals surface area (Å²) >= 11 is 0. The van der Waals surface area contributed by atoms with E-state index in [1.54, 1.807) is 6.07 Å². The number of rotatable bonds is 1. The Morgan fingerprint density at radius 2 is 1.93 bits per heavy atom. The Balaban J connectivity index is 1.45. The molecule has 27 heavy (non-hydrogen) atoms. The van der Waals surface area contributed by atoms with Crippen LogP contribution < -0.4 is 5.32 Å². The zero-order chi connectivity index (χ0) is 18.4. The van der Waals surface area contributed by atoms with Crippen molar-refractivity contribution < 1.29 is 9.59 Å². The smallest absolute Gasteiger partial charge is 0.277 e. The second-order valence-corrected chi connectivity index (χ2v) is 7.15. The van der Waals surface area contributed by atoms with Gasteiger partial charge in [0.05, 0.1) is 5.71 Å². The molecule has 0 spiro atoms. The number of carbonyl (C=O) groups excluding carboxylic acids is 2. The van der Waals surface area contributed by atoms with Crippen LogP contribution in [0.5, 0.6) is 0 Å². The maximum absolute atomic E-state index is 12.6. The molecule has 1 N–H and O–H groups in total. The van der Waals surface area contributed by atoms with E-state index in [-0.39, 0.29) is 17.7 Å². The van der Waals surface area contributed by atoms with Gasteiger partial charge in [-0.3, -0.25) is 9.59 Å². The quantitative estimate of drug-likeness (QED) is 0.838. The molecule has 132 valence electrons. The number of nitrogens with one attached hydrogen (secondary N) is 1. The van der Waals surface area contributed by atoms with Gasteiger partial charge in [0.25, 0.3) is 11.8 Å². The standard InChI is InChI=1S/C23H18N2O2/c26-22(16-9-8-14-4-1-2-5-15(14)12-16)24-17-10-11-19-18-6-3-7-20(18)23(27)25-21(19)13-17/h1-2,4-5,8-13,19H,3,6-7H2,(H,25,27). The van der Waals surface area contributed by atoms with Gasteiger partial charge in [0, 0.05) is 22.8 Å². The summed E-state index contributed by atoms with van der Waals surface area (Å²) in [6.45, 7) is 0. The lowest BCUT2D eigenvalue weighted by Crippen LogP contribution is -2.35. The van der Waals surface area contributed by atoms with Crippen LogP contribution in [0.15, 0.2) is 82.5 Å². The molecule has 3 aliphatic rings. The summed E-state index contributed by atoms with van der Waals surface area (Å²) in [4.78, 5) is 29.1. The van der Waals surface area contributed by atoms with Crippen LogP contribution in [0.1, 0.15) is 29.6 Å². The minimum Gasteiger partial charge on any atom is -0.325 e. The summed E-state index contributed by atoms with van der Waals surface area (Å²) in [5, 5.41) is 5.09. The van der Waals surface area contributed by atoms with Crippen LogP contribution in [-0.4, -0.2) is 17.5 Å². The van der Waals surface area contributed by atoms with Crippen molar-refractivity contribution in [3.05, 3.63) is 83.1 Å². The van der Waals surface area contributed by atoms with Gasteiger partial charge in [-0.2, -0.15) is 0 Å². The third kappa shape index (κ3) is 2.74. The first-order valence-electron chi connectivity index (χ1n) is 9.24. The highest BCUT2D eigenvalue weighted by Crippen LogP contribution is 2.39. The predicted molar refractivity (Wildman–Crippen MR) is 105 cm³/mol. The highest BCUT2D eigenvalue weighted by Gasteiger charge is 2.34. The fourth-order valence-electron chi connectivity index (χ4n) is 4.16. The van der Waals surface area contributed by atoms with E-state index in [4.69, 9.17) is 0 Å². The van der Waals surface area contributed by atoms with Crippen molar-refractivity contribution >= 4 is 28.3 Å². The van der Waals surface area contributed by atoms with Gasteiger partial charge in [-0.1, -0.05) is 36.4 Å². The highest BCUT2D eigenvalue weighted by molar-refractivity contribution is 6.14. The maximum atomic E-state index is 12.6. The fourth-order valence-corrected chi connectivity index (χ4v) is 4.16. The van der Waals surface area contributed by atoms with Crippen LogP contribution in [0, 0.1) is 5.92 Å². The molecule has 4 heteroatoms. The van der Waals surface area contributed by atoms with E-state index in [0.29, 0.717) is 11.3 Å². The summed E-state index contributed by atoms with van der Waals surface area (Å²) < 4.78 is 0. The van der Waals surface area contributed by atoms with Crippen LogP contribution in [0.4, 0.5) is 0 Å². The zero-order valence-corrected chi connectivity index (χ0v) is 14.7. The lowest BCUT2D eigenvalue weighted by atomic mass is 9.85. The highest BCUT2D eigenvalue weighted by atomic mass is 16.2. The largest absolute Gasteiger partial charge is 0.325 e. The molecular weight excluding hydrogens is 336 g/mol. The van der Waals surface area contributed by atoms with Crippen LogP contribution >= 0.6 is 0 Å². The number of allylic oxidation sites excluding steroid dienone is 3. The van der Waals surface area contributed by atoms with Gasteiger partial charge in [-0.25, -0.2) is 4.99 Å². The van der Waals surface area contributed by atoms with E-state index in [2.05, 4.69) is 10.3 Å². The van der Waals surface area contributed by atoms with E-state index < -0.39 is 0 Å². The van der Waals surface area contributed by atoms with Gasteiger partial charge in [0.15, 0.2) is 0 Å². The topological polar surface area (TPSA) is 58.5 Å². The number of aliphatic imine (C=N–C) groups is 1. The molecule has 2 aromatic rings. The Morgan fingerprint density at radius 1 is 1.07 bits per heavy atom. The van der Waals surface area contributed by atoms with E-state index >= 15 is 0 Å². The van der Waals surface area contributed by atoms with Gasteiger partial charge in [0.2, 0.25) is 0 Å². The van der Waals surface area contributed by atoms with Crippen molar-refractivity contribution in [1.82, 2.24) is 5.32 Å². The summed E-state index contributed by atoms with van der Waals surface area (Å²) in [6, 6.07) is 13.5. The Bertz CT molecular complexity index is 1120. The van der Waals surface area contributed by atoms with Crippen molar-refractivity contribution in [3.8, 4) is 0 Å². The molecule has 0 bridgehead atoms. The minimum absolute atomic E-state index is 0.000468. The molecule has 5 rings (SSSR count). The van der Waals surface area contributed by atoms with Gasteiger partial charge < -0.3 is 5.32 Å². The molecule has 4 nitrogen and oxygen atoms in total. The second kappa shape index (κ2) is 6.16. The third-order valence-corrected chi connectivity index (χ3v) is 5.49. The number of amides is 2. The molecule has 0 saturated carbocycles. The number of hydrogen-bond acceptors (Lipinski definition) is 2. The normalized spacial score (nSPS) is 22.5. The van der Waals surface area contributed by atoms with Crippen LogP contribution in [-0.2, 0) is 4.79 Å². The molecule has 0 saturated heterocycles. The van der Waals surface area contributed by atoms with Crippen LogP contribution in [0.25, 0.3) is 10.8 Å². The van der Waals surface area contributed by atoms with E-state index in [1.807, 2.05) is 54.6 Å². The molecule has 0 fully saturated rings. The Labute approximate surface area is 157 Å². The maximum Gasteiger partial charge on any atom is 0.277 e. The van der Waals surface area contributed by atoms with Gasteiger partial charge in [0.1, 0.15) is 0 Å². The fraction of sp³-hybridized carbons (Fsp3) is 0.174. The molecule has 1 aliphatic heterocycles. The van der Waals surface area contributed by atoms with Crippen molar-refractivity contribution in [2.24, 2.45) is 10.9 Å². The van der Waals surface area contributed by atoms with Crippen molar-refractivity contribution in [2.75, 3.05) is 0 Å². The van der Waals surface area contributed by atoms with Gasteiger partial charge >= 0.3 is 0 Å². The van der Waals surface area contributed by atoms with Crippen molar-refractivity contribution in [2.45, 2.75) is 19.3 Å². The molecule has 0 aromatic heterocycles. The van der Waals surface area contributed by atoms with Gasteiger partial charge in [-0.15, -0.1) is 0 Å². The number of nitrogens with zero attached hydrogens (tertiary/aromatic N) is 1. The van der Waals surface area contributed by atoms with Crippen molar-refractivity contribution in [1.29, 1.82) is 0 Å². The average Bonchev–Trinajstić information content (AvgIpc) is 3.18. The SMILES string of the molecule is O=C1NC2=CC(=NC(=O)c3ccc4ccccc4c3)C=CC2C2=C1CCC2. The van der Waals surface area contributed by atoms with Gasteiger partial charge in [-0.05, 0) is 59.9 Å². The molecule has 1 unspecified atom stereocenters. The first-order valence-corrected chi connectivity index (χ1v) is 9.24. The van der Waals surface area contributed by atoms with Crippen LogP contribution in [0.3, 0.4) is 0 Å². The van der Waals surface area contributed by atoms with E-state index in [1.165, 1.54) is 5.57 Å². The number of fused-ring (bicyclic) bond motifs is 3. The molecule has 0 radical (unpaired) electrons.